The monoisotopic (exact) mass is 438 g/mol. The average Bonchev–Trinajstić information content (AvgIpc) is 2.66. The first-order valence-electron chi connectivity index (χ1n) is 8.51. The lowest BCUT2D eigenvalue weighted by atomic mass is 10.0. The second-order valence-corrected chi connectivity index (χ2v) is 6.94. The predicted octanol–water partition coefficient (Wildman–Crippen LogP) is 3.69. The van der Waals surface area contributed by atoms with Crippen LogP contribution in [0.5, 0.6) is 0 Å². The molecule has 2 aromatic rings. The van der Waals surface area contributed by atoms with Gasteiger partial charge in [-0.25, -0.2) is 0 Å². The first-order valence-corrected chi connectivity index (χ1v) is 8.88. The van der Waals surface area contributed by atoms with Crippen molar-refractivity contribution in [1.82, 2.24) is 5.32 Å². The van der Waals surface area contributed by atoms with E-state index in [1.165, 1.54) is 12.1 Å². The van der Waals surface area contributed by atoms with Crippen LogP contribution in [0.25, 0.3) is 0 Å². The van der Waals surface area contributed by atoms with Gasteiger partial charge in [-0.15, -0.1) is 0 Å². The van der Waals surface area contributed by atoms with Crippen LogP contribution in [0.2, 0.25) is 5.02 Å². The average molecular weight is 439 g/mol. The number of halogens is 2. The van der Waals surface area contributed by atoms with Crippen molar-refractivity contribution in [3.05, 3.63) is 73.0 Å². The van der Waals surface area contributed by atoms with Gasteiger partial charge in [0.1, 0.15) is 11.1 Å². The summed E-state index contributed by atoms with van der Waals surface area (Å²) in [5.74, 6) is -2.93. The molecule has 158 valence electrons. The van der Waals surface area contributed by atoms with Gasteiger partial charge < -0.3 is 10.6 Å². The van der Waals surface area contributed by atoms with Gasteiger partial charge in [-0.05, 0) is 30.2 Å². The maximum absolute atomic E-state index is 13.5. The maximum Gasteiger partial charge on any atom is 0.306 e. The fraction of sp³-hybridized carbons (Fsp3) is 0.222. The Kier molecular flexibility index (Phi) is 7.01. The highest BCUT2D eigenvalue weighted by Gasteiger charge is 2.26. The van der Waals surface area contributed by atoms with E-state index in [1.807, 2.05) is 0 Å². The van der Waals surface area contributed by atoms with Crippen LogP contribution in [0.1, 0.15) is 24.2 Å². The SMILES string of the molecule is CC(C)[C@H](NC(=O)c1ccc(Cl)c([N+](=O)[O-])c1)C(=O)Nc1ccc(F)c([N+](=O)[O-])c1. The molecule has 2 aromatic carbocycles. The van der Waals surface area contributed by atoms with E-state index in [2.05, 4.69) is 10.6 Å². The Hall–Kier alpha value is -3.60. The second kappa shape index (κ2) is 9.27. The Labute approximate surface area is 174 Å². The third-order valence-corrected chi connectivity index (χ3v) is 4.37. The molecule has 0 unspecified atom stereocenters. The molecule has 0 aliphatic rings. The Morgan fingerprint density at radius 1 is 1.03 bits per heavy atom. The molecule has 10 nitrogen and oxygen atoms in total. The van der Waals surface area contributed by atoms with Crippen LogP contribution in [0, 0.1) is 32.0 Å². The van der Waals surface area contributed by atoms with Gasteiger partial charge >= 0.3 is 5.69 Å². The smallest absolute Gasteiger partial charge is 0.306 e. The molecule has 12 heteroatoms. The lowest BCUT2D eigenvalue weighted by Gasteiger charge is -2.21. The van der Waals surface area contributed by atoms with Gasteiger partial charge in [0.25, 0.3) is 11.6 Å². The van der Waals surface area contributed by atoms with Crippen molar-refractivity contribution < 1.29 is 23.8 Å². The molecular weight excluding hydrogens is 423 g/mol. The number of carbonyl (C=O) groups is 2. The van der Waals surface area contributed by atoms with E-state index in [9.17, 15) is 34.2 Å². The van der Waals surface area contributed by atoms with Crippen molar-refractivity contribution in [3.63, 3.8) is 0 Å². The topological polar surface area (TPSA) is 144 Å². The zero-order valence-corrected chi connectivity index (χ0v) is 16.5. The van der Waals surface area contributed by atoms with Crippen molar-refractivity contribution in [3.8, 4) is 0 Å². The number of nitrogens with zero attached hydrogens (tertiary/aromatic N) is 2. The standard InChI is InChI=1S/C18H16ClFN4O6/c1-9(2)16(18(26)21-11-4-6-13(20)15(8-11)24(29)30)22-17(25)10-3-5-12(19)14(7-10)23(27)28/h3-9,16H,1-2H3,(H,21,26)(H,22,25)/t16-/m0/s1. The van der Waals surface area contributed by atoms with Gasteiger partial charge in [-0.2, -0.15) is 4.39 Å². The summed E-state index contributed by atoms with van der Waals surface area (Å²) in [5, 5.41) is 26.5. The van der Waals surface area contributed by atoms with Crippen LogP contribution in [0.3, 0.4) is 0 Å². The Bertz CT molecular complexity index is 1030. The molecule has 2 rings (SSSR count). The summed E-state index contributed by atoms with van der Waals surface area (Å²) in [4.78, 5) is 45.2. The van der Waals surface area contributed by atoms with Crippen LogP contribution < -0.4 is 10.6 Å². The van der Waals surface area contributed by atoms with Gasteiger partial charge in [-0.1, -0.05) is 25.4 Å². The van der Waals surface area contributed by atoms with E-state index >= 15 is 0 Å². The lowest BCUT2D eigenvalue weighted by Crippen LogP contribution is -2.47. The van der Waals surface area contributed by atoms with Gasteiger partial charge in [0.05, 0.1) is 9.85 Å². The molecule has 0 spiro atoms. The maximum atomic E-state index is 13.5. The third kappa shape index (κ3) is 5.26. The van der Waals surface area contributed by atoms with Gasteiger partial charge in [0.2, 0.25) is 11.7 Å². The minimum absolute atomic E-state index is 0.0323. The first kappa shape index (κ1) is 22.7. The molecule has 30 heavy (non-hydrogen) atoms. The lowest BCUT2D eigenvalue weighted by molar-refractivity contribution is -0.387. The Morgan fingerprint density at radius 2 is 1.67 bits per heavy atom. The van der Waals surface area contributed by atoms with Crippen molar-refractivity contribution in [2.45, 2.75) is 19.9 Å². The quantitative estimate of drug-likeness (QED) is 0.498. The summed E-state index contributed by atoms with van der Waals surface area (Å²) < 4.78 is 13.5. The second-order valence-electron chi connectivity index (χ2n) is 6.53. The molecule has 0 aromatic heterocycles. The molecule has 0 saturated carbocycles. The van der Waals surface area contributed by atoms with Crippen molar-refractivity contribution in [1.29, 1.82) is 0 Å². The highest BCUT2D eigenvalue weighted by molar-refractivity contribution is 6.32. The van der Waals surface area contributed by atoms with E-state index in [4.69, 9.17) is 11.6 Å². The molecule has 1 atom stereocenters. The van der Waals surface area contributed by atoms with Gasteiger partial charge in [-0.3, -0.25) is 29.8 Å². The van der Waals surface area contributed by atoms with Crippen LogP contribution in [-0.2, 0) is 4.79 Å². The van der Waals surface area contributed by atoms with E-state index in [-0.39, 0.29) is 16.3 Å². The third-order valence-electron chi connectivity index (χ3n) is 4.05. The predicted molar refractivity (Wildman–Crippen MR) is 106 cm³/mol. The summed E-state index contributed by atoms with van der Waals surface area (Å²) >= 11 is 5.73. The van der Waals surface area contributed by atoms with Gasteiger partial charge in [0, 0.05) is 23.4 Å². The number of hydrogen-bond donors (Lipinski definition) is 2. The van der Waals surface area contributed by atoms with Crippen LogP contribution in [-0.4, -0.2) is 27.7 Å². The fourth-order valence-corrected chi connectivity index (χ4v) is 2.69. The number of nitro benzene ring substituents is 2. The highest BCUT2D eigenvalue weighted by atomic mass is 35.5. The van der Waals surface area contributed by atoms with Crippen molar-refractivity contribution in [2.75, 3.05) is 5.32 Å². The van der Waals surface area contributed by atoms with Crippen LogP contribution in [0.4, 0.5) is 21.5 Å². The normalized spacial score (nSPS) is 11.6. The largest absolute Gasteiger partial charge is 0.340 e. The molecule has 0 heterocycles. The Balaban J connectivity index is 2.22. The molecule has 0 bridgehead atoms. The summed E-state index contributed by atoms with van der Waals surface area (Å²) in [6, 6.07) is 5.19. The molecular formula is C18H16ClFN4O6. The molecule has 0 saturated heterocycles. The summed E-state index contributed by atoms with van der Waals surface area (Å²) in [6.07, 6.45) is 0. The van der Waals surface area contributed by atoms with E-state index in [0.717, 1.165) is 24.3 Å². The number of carbonyl (C=O) groups excluding carboxylic acids is 2. The van der Waals surface area contributed by atoms with Crippen LogP contribution in [0.15, 0.2) is 36.4 Å². The number of hydrogen-bond acceptors (Lipinski definition) is 6. The van der Waals surface area contributed by atoms with E-state index in [1.54, 1.807) is 13.8 Å². The summed E-state index contributed by atoms with van der Waals surface area (Å²) in [7, 11) is 0. The molecule has 2 N–H and O–H groups in total. The molecule has 0 aliphatic carbocycles. The molecule has 0 radical (unpaired) electrons. The number of amides is 2. The number of benzene rings is 2. The fourth-order valence-electron chi connectivity index (χ4n) is 2.50. The zero-order chi connectivity index (χ0) is 22.6. The first-order chi connectivity index (χ1) is 14.0. The minimum atomic E-state index is -1.09. The van der Waals surface area contributed by atoms with E-state index < -0.39 is 50.8 Å². The zero-order valence-electron chi connectivity index (χ0n) is 15.7. The van der Waals surface area contributed by atoms with Crippen LogP contribution >= 0.6 is 11.6 Å². The van der Waals surface area contributed by atoms with Crippen molar-refractivity contribution in [2.24, 2.45) is 5.92 Å². The molecule has 0 aliphatic heterocycles. The number of rotatable bonds is 7. The molecule has 0 fully saturated rings. The highest BCUT2D eigenvalue weighted by Crippen LogP contribution is 2.25. The summed E-state index contributed by atoms with van der Waals surface area (Å²) in [5.41, 5.74) is -1.39. The number of anilines is 1. The summed E-state index contributed by atoms with van der Waals surface area (Å²) in [6.45, 7) is 3.28. The van der Waals surface area contributed by atoms with Crippen molar-refractivity contribution >= 4 is 40.5 Å². The number of nitro groups is 2. The Morgan fingerprint density at radius 3 is 2.23 bits per heavy atom. The molecule has 2 amide bonds. The minimum Gasteiger partial charge on any atom is -0.340 e. The van der Waals surface area contributed by atoms with E-state index in [0.29, 0.717) is 0 Å². The number of nitrogens with one attached hydrogen (secondary N) is 2. The van der Waals surface area contributed by atoms with Gasteiger partial charge in [0.15, 0.2) is 0 Å².